The Morgan fingerprint density at radius 1 is 1.29 bits per heavy atom. The number of Topliss-reactive ketones (excluding diaryl/α,β-unsaturated/α-hetero) is 1. The molecule has 2 rings (SSSR count). The SMILES string of the molecule is CC1CCC(=O)c2c(Cl)ccc(Cl)c21. The van der Waals surface area contributed by atoms with Crippen LogP contribution in [0.5, 0.6) is 0 Å². The van der Waals surface area contributed by atoms with Gasteiger partial charge in [-0.1, -0.05) is 30.1 Å². The van der Waals surface area contributed by atoms with Crippen molar-refractivity contribution in [3.63, 3.8) is 0 Å². The van der Waals surface area contributed by atoms with Crippen LogP contribution in [-0.4, -0.2) is 5.78 Å². The summed E-state index contributed by atoms with van der Waals surface area (Å²) in [4.78, 5) is 11.7. The fraction of sp³-hybridized carbons (Fsp3) is 0.364. The maximum atomic E-state index is 11.7. The smallest absolute Gasteiger partial charge is 0.164 e. The molecule has 0 aliphatic heterocycles. The molecule has 1 aliphatic rings. The summed E-state index contributed by atoms with van der Waals surface area (Å²) < 4.78 is 0. The Labute approximate surface area is 93.0 Å². The van der Waals surface area contributed by atoms with Gasteiger partial charge in [-0.15, -0.1) is 0 Å². The van der Waals surface area contributed by atoms with Crippen LogP contribution in [0, 0.1) is 0 Å². The van der Waals surface area contributed by atoms with Crippen LogP contribution < -0.4 is 0 Å². The van der Waals surface area contributed by atoms with Crippen LogP contribution in [0.15, 0.2) is 12.1 Å². The molecule has 1 nitrogen and oxygen atoms in total. The summed E-state index contributed by atoms with van der Waals surface area (Å²) in [5, 5.41) is 1.19. The molecule has 0 aromatic heterocycles. The number of fused-ring (bicyclic) bond motifs is 1. The number of rotatable bonds is 0. The number of hydrogen-bond acceptors (Lipinski definition) is 1. The van der Waals surface area contributed by atoms with Crippen molar-refractivity contribution in [2.75, 3.05) is 0 Å². The average molecular weight is 229 g/mol. The fourth-order valence-corrected chi connectivity index (χ4v) is 2.56. The molecule has 0 saturated heterocycles. The van der Waals surface area contributed by atoms with Crippen molar-refractivity contribution in [2.45, 2.75) is 25.7 Å². The van der Waals surface area contributed by atoms with Gasteiger partial charge in [0.2, 0.25) is 0 Å². The van der Waals surface area contributed by atoms with Crippen LogP contribution in [0.3, 0.4) is 0 Å². The highest BCUT2D eigenvalue weighted by Gasteiger charge is 2.26. The topological polar surface area (TPSA) is 17.1 Å². The number of halogens is 2. The summed E-state index contributed by atoms with van der Waals surface area (Å²) >= 11 is 12.1. The third-order valence-electron chi connectivity index (χ3n) is 2.72. The molecular weight excluding hydrogens is 219 g/mol. The van der Waals surface area contributed by atoms with E-state index in [0.29, 0.717) is 27.9 Å². The van der Waals surface area contributed by atoms with E-state index in [1.807, 2.05) is 0 Å². The van der Waals surface area contributed by atoms with Crippen LogP contribution in [0.4, 0.5) is 0 Å². The summed E-state index contributed by atoms with van der Waals surface area (Å²) in [6.07, 6.45) is 1.44. The van der Waals surface area contributed by atoms with Crippen LogP contribution in [-0.2, 0) is 0 Å². The Hall–Kier alpha value is -0.530. The van der Waals surface area contributed by atoms with Gasteiger partial charge < -0.3 is 0 Å². The molecule has 1 aromatic carbocycles. The fourth-order valence-electron chi connectivity index (χ4n) is 1.95. The molecule has 74 valence electrons. The predicted octanol–water partition coefficient (Wildman–Crippen LogP) is 4.07. The second-order valence-corrected chi connectivity index (χ2v) is 4.50. The highest BCUT2D eigenvalue weighted by Crippen LogP contribution is 2.39. The molecule has 1 unspecified atom stereocenters. The van der Waals surface area contributed by atoms with Crippen molar-refractivity contribution in [1.82, 2.24) is 0 Å². The molecule has 1 aromatic rings. The number of carbonyl (C=O) groups excluding carboxylic acids is 1. The van der Waals surface area contributed by atoms with Gasteiger partial charge in [-0.3, -0.25) is 4.79 Å². The maximum Gasteiger partial charge on any atom is 0.164 e. The van der Waals surface area contributed by atoms with E-state index in [9.17, 15) is 4.79 Å². The van der Waals surface area contributed by atoms with Crippen molar-refractivity contribution in [1.29, 1.82) is 0 Å². The first kappa shape index (κ1) is 10.0. The summed E-state index contributed by atoms with van der Waals surface area (Å²) in [5.41, 5.74) is 1.56. The predicted molar refractivity (Wildman–Crippen MR) is 58.4 cm³/mol. The molecule has 0 bridgehead atoms. The second-order valence-electron chi connectivity index (χ2n) is 3.68. The van der Waals surface area contributed by atoms with E-state index in [2.05, 4.69) is 6.92 Å². The molecular formula is C11H10Cl2O. The Morgan fingerprint density at radius 3 is 2.57 bits per heavy atom. The van der Waals surface area contributed by atoms with Gasteiger partial charge in [0.05, 0.1) is 5.02 Å². The first-order chi connectivity index (χ1) is 6.61. The quantitative estimate of drug-likeness (QED) is 0.655. The molecule has 0 radical (unpaired) electrons. The zero-order chi connectivity index (χ0) is 10.3. The van der Waals surface area contributed by atoms with E-state index in [1.54, 1.807) is 12.1 Å². The Bertz CT molecular complexity index is 399. The van der Waals surface area contributed by atoms with Gasteiger partial charge in [-0.2, -0.15) is 0 Å². The van der Waals surface area contributed by atoms with E-state index < -0.39 is 0 Å². The summed E-state index contributed by atoms with van der Waals surface area (Å²) in [6.45, 7) is 2.08. The van der Waals surface area contributed by atoms with Gasteiger partial charge in [-0.25, -0.2) is 0 Å². The normalized spacial score (nSPS) is 20.8. The Morgan fingerprint density at radius 2 is 1.93 bits per heavy atom. The van der Waals surface area contributed by atoms with Gasteiger partial charge in [-0.05, 0) is 30.0 Å². The lowest BCUT2D eigenvalue weighted by Crippen LogP contribution is -2.15. The number of carbonyl (C=O) groups is 1. The van der Waals surface area contributed by atoms with E-state index in [0.717, 1.165) is 12.0 Å². The van der Waals surface area contributed by atoms with E-state index in [4.69, 9.17) is 23.2 Å². The van der Waals surface area contributed by atoms with Crippen molar-refractivity contribution in [2.24, 2.45) is 0 Å². The molecule has 14 heavy (non-hydrogen) atoms. The minimum atomic E-state index is 0.116. The van der Waals surface area contributed by atoms with Crippen LogP contribution in [0.25, 0.3) is 0 Å². The summed E-state index contributed by atoms with van der Waals surface area (Å²) in [5.74, 6) is 0.444. The zero-order valence-corrected chi connectivity index (χ0v) is 9.32. The Kier molecular flexibility index (Phi) is 2.54. The van der Waals surface area contributed by atoms with Crippen LogP contribution in [0.2, 0.25) is 10.0 Å². The van der Waals surface area contributed by atoms with E-state index >= 15 is 0 Å². The third-order valence-corrected chi connectivity index (χ3v) is 3.36. The molecule has 3 heteroatoms. The van der Waals surface area contributed by atoms with Gasteiger partial charge in [0.15, 0.2) is 5.78 Å². The van der Waals surface area contributed by atoms with Crippen LogP contribution >= 0.6 is 23.2 Å². The standard InChI is InChI=1S/C11H10Cl2O/c1-6-2-5-9(14)11-8(13)4-3-7(12)10(6)11/h3-4,6H,2,5H2,1H3. The molecule has 0 saturated carbocycles. The molecule has 0 heterocycles. The molecule has 0 spiro atoms. The van der Waals surface area contributed by atoms with Gasteiger partial charge in [0.25, 0.3) is 0 Å². The van der Waals surface area contributed by atoms with Gasteiger partial charge in [0, 0.05) is 17.0 Å². The van der Waals surface area contributed by atoms with Crippen LogP contribution in [0.1, 0.15) is 41.6 Å². The lowest BCUT2D eigenvalue weighted by Gasteiger charge is -2.23. The average Bonchev–Trinajstić information content (AvgIpc) is 2.16. The maximum absolute atomic E-state index is 11.7. The highest BCUT2D eigenvalue weighted by molar-refractivity contribution is 6.36. The minimum Gasteiger partial charge on any atom is -0.294 e. The summed E-state index contributed by atoms with van der Waals surface area (Å²) in [7, 11) is 0. The molecule has 0 amide bonds. The van der Waals surface area contributed by atoms with Crippen molar-refractivity contribution in [3.05, 3.63) is 33.3 Å². The highest BCUT2D eigenvalue weighted by atomic mass is 35.5. The second kappa shape index (κ2) is 3.56. The van der Waals surface area contributed by atoms with Gasteiger partial charge >= 0.3 is 0 Å². The molecule has 0 N–H and O–H groups in total. The first-order valence-corrected chi connectivity index (χ1v) is 5.38. The minimum absolute atomic E-state index is 0.116. The first-order valence-electron chi connectivity index (χ1n) is 4.62. The zero-order valence-electron chi connectivity index (χ0n) is 7.81. The number of benzene rings is 1. The number of hydrogen-bond donors (Lipinski definition) is 0. The third kappa shape index (κ3) is 1.45. The van der Waals surface area contributed by atoms with Crippen molar-refractivity contribution >= 4 is 29.0 Å². The molecule has 1 aliphatic carbocycles. The lowest BCUT2D eigenvalue weighted by molar-refractivity contribution is 0.0968. The van der Waals surface area contributed by atoms with Crippen molar-refractivity contribution < 1.29 is 4.79 Å². The van der Waals surface area contributed by atoms with E-state index in [-0.39, 0.29) is 5.78 Å². The largest absolute Gasteiger partial charge is 0.294 e. The monoisotopic (exact) mass is 228 g/mol. The number of ketones is 1. The Balaban J connectivity index is 2.71. The van der Waals surface area contributed by atoms with Gasteiger partial charge in [0.1, 0.15) is 0 Å². The molecule has 0 fully saturated rings. The summed E-state index contributed by atoms with van der Waals surface area (Å²) in [6, 6.07) is 3.45. The van der Waals surface area contributed by atoms with Crippen molar-refractivity contribution in [3.8, 4) is 0 Å². The molecule has 1 atom stereocenters. The lowest BCUT2D eigenvalue weighted by atomic mass is 9.83. The van der Waals surface area contributed by atoms with E-state index in [1.165, 1.54) is 0 Å².